The van der Waals surface area contributed by atoms with Gasteiger partial charge in [-0.15, -0.1) is 0 Å². The van der Waals surface area contributed by atoms with E-state index in [1.54, 1.807) is 0 Å². The van der Waals surface area contributed by atoms with Crippen molar-refractivity contribution in [1.29, 1.82) is 0 Å². The molecule has 4 nitrogen and oxygen atoms in total. The van der Waals surface area contributed by atoms with Gasteiger partial charge in [0.2, 0.25) is 0 Å². The molecule has 0 aromatic heterocycles. The third kappa shape index (κ3) is 4.46. The van der Waals surface area contributed by atoms with E-state index in [0.717, 1.165) is 36.3 Å². The number of piperidine rings is 1. The number of nitrogens with one attached hydrogen (secondary N) is 2. The minimum atomic E-state index is 0.0206. The molecule has 1 aromatic rings. The van der Waals surface area contributed by atoms with Crippen LogP contribution in [0.4, 0.5) is 5.69 Å². The van der Waals surface area contributed by atoms with E-state index in [1.165, 1.54) is 19.4 Å². The molecule has 1 aromatic carbocycles. The number of nitrogens with zero attached hydrogens (tertiary/aromatic N) is 1. The highest BCUT2D eigenvalue weighted by atomic mass is 16.1. The van der Waals surface area contributed by atoms with Crippen LogP contribution >= 0.6 is 0 Å². The summed E-state index contributed by atoms with van der Waals surface area (Å²) in [5.74, 6) is 0.734. The highest BCUT2D eigenvalue weighted by Gasteiger charge is 2.17. The van der Waals surface area contributed by atoms with Crippen molar-refractivity contribution < 1.29 is 4.79 Å². The average Bonchev–Trinajstić information content (AvgIpc) is 2.47. The monoisotopic (exact) mass is 289 g/mol. The number of amides is 1. The molecule has 2 rings (SSSR count). The van der Waals surface area contributed by atoms with E-state index in [4.69, 9.17) is 0 Å². The van der Waals surface area contributed by atoms with Gasteiger partial charge in [-0.1, -0.05) is 11.6 Å². The highest BCUT2D eigenvalue weighted by molar-refractivity contribution is 5.99. The number of hydrogen-bond donors (Lipinski definition) is 2. The van der Waals surface area contributed by atoms with E-state index in [-0.39, 0.29) is 5.91 Å². The van der Waals surface area contributed by atoms with Crippen LogP contribution in [0.15, 0.2) is 18.2 Å². The van der Waals surface area contributed by atoms with Crippen molar-refractivity contribution in [2.75, 3.05) is 39.0 Å². The van der Waals surface area contributed by atoms with Crippen molar-refractivity contribution in [2.24, 2.45) is 5.92 Å². The molecule has 116 valence electrons. The lowest BCUT2D eigenvalue weighted by atomic mass is 9.95. The second-order valence-corrected chi connectivity index (χ2v) is 6.11. The summed E-state index contributed by atoms with van der Waals surface area (Å²) in [6.45, 7) is 5.13. The molecule has 1 amide bonds. The summed E-state index contributed by atoms with van der Waals surface area (Å²) in [6, 6.07) is 5.91. The van der Waals surface area contributed by atoms with Gasteiger partial charge in [0, 0.05) is 25.8 Å². The molecule has 0 bridgehead atoms. The zero-order chi connectivity index (χ0) is 15.2. The van der Waals surface area contributed by atoms with Gasteiger partial charge in [0.05, 0.1) is 5.56 Å². The van der Waals surface area contributed by atoms with E-state index in [9.17, 15) is 4.79 Å². The third-order valence-electron chi connectivity index (χ3n) is 4.25. The second kappa shape index (κ2) is 7.46. The Hall–Kier alpha value is -1.55. The number of aryl methyl sites for hydroxylation is 1. The van der Waals surface area contributed by atoms with E-state index in [1.807, 2.05) is 32.2 Å². The maximum absolute atomic E-state index is 12.3. The first-order valence-electron chi connectivity index (χ1n) is 7.85. The third-order valence-corrected chi connectivity index (χ3v) is 4.25. The topological polar surface area (TPSA) is 44.4 Å². The first-order chi connectivity index (χ1) is 10.1. The Morgan fingerprint density at radius 3 is 2.95 bits per heavy atom. The van der Waals surface area contributed by atoms with E-state index in [2.05, 4.69) is 22.6 Å². The molecule has 0 radical (unpaired) electrons. The molecule has 0 saturated carbocycles. The summed E-state index contributed by atoms with van der Waals surface area (Å²) in [4.78, 5) is 14.7. The van der Waals surface area contributed by atoms with Crippen LogP contribution in [-0.4, -0.2) is 44.5 Å². The van der Waals surface area contributed by atoms with Crippen molar-refractivity contribution in [1.82, 2.24) is 10.2 Å². The molecule has 0 aliphatic carbocycles. The first kappa shape index (κ1) is 15.8. The maximum atomic E-state index is 12.3. The normalized spacial score (nSPS) is 19.3. The quantitative estimate of drug-likeness (QED) is 0.875. The number of benzene rings is 1. The van der Waals surface area contributed by atoms with Gasteiger partial charge in [0.15, 0.2) is 0 Å². The molecular weight excluding hydrogens is 262 g/mol. The summed E-state index contributed by atoms with van der Waals surface area (Å²) < 4.78 is 0. The largest absolute Gasteiger partial charge is 0.387 e. The molecule has 2 N–H and O–H groups in total. The Balaban J connectivity index is 1.85. The van der Waals surface area contributed by atoms with Gasteiger partial charge in [-0.2, -0.15) is 0 Å². The summed E-state index contributed by atoms with van der Waals surface area (Å²) in [6.07, 6.45) is 3.63. The Kier molecular flexibility index (Phi) is 5.62. The summed E-state index contributed by atoms with van der Waals surface area (Å²) in [7, 11) is 4.02. The Bertz CT molecular complexity index is 487. The Morgan fingerprint density at radius 1 is 1.43 bits per heavy atom. The van der Waals surface area contributed by atoms with Crippen molar-refractivity contribution >= 4 is 11.6 Å². The van der Waals surface area contributed by atoms with Gasteiger partial charge in [0.25, 0.3) is 5.91 Å². The number of rotatable bonds is 5. The van der Waals surface area contributed by atoms with Crippen molar-refractivity contribution in [3.8, 4) is 0 Å². The standard InChI is InChI=1S/C17H27N3O/c1-13-6-7-16(18-2)15(11-13)17(21)19-9-8-14-5-4-10-20(3)12-14/h6-7,11,14,18H,4-5,8-10,12H2,1-3H3,(H,19,21)/t14-/m1/s1. The van der Waals surface area contributed by atoms with Crippen LogP contribution in [-0.2, 0) is 0 Å². The predicted octanol–water partition coefficient (Wildman–Crippen LogP) is 2.50. The number of likely N-dealkylation sites (tertiary alicyclic amines) is 1. The van der Waals surface area contributed by atoms with Crippen LogP contribution in [0.1, 0.15) is 35.2 Å². The van der Waals surface area contributed by atoms with Gasteiger partial charge < -0.3 is 15.5 Å². The molecule has 1 heterocycles. The van der Waals surface area contributed by atoms with Crippen LogP contribution in [0, 0.1) is 12.8 Å². The second-order valence-electron chi connectivity index (χ2n) is 6.11. The fourth-order valence-electron chi connectivity index (χ4n) is 3.06. The lowest BCUT2D eigenvalue weighted by Gasteiger charge is -2.29. The number of hydrogen-bond acceptors (Lipinski definition) is 3. The first-order valence-corrected chi connectivity index (χ1v) is 7.85. The van der Waals surface area contributed by atoms with Crippen LogP contribution in [0.25, 0.3) is 0 Å². The highest BCUT2D eigenvalue weighted by Crippen LogP contribution is 2.19. The van der Waals surface area contributed by atoms with Crippen LogP contribution < -0.4 is 10.6 Å². The van der Waals surface area contributed by atoms with Gasteiger partial charge in [-0.05, 0) is 57.8 Å². The zero-order valence-corrected chi connectivity index (χ0v) is 13.4. The fourth-order valence-corrected chi connectivity index (χ4v) is 3.06. The average molecular weight is 289 g/mol. The Labute approximate surface area is 127 Å². The molecule has 1 atom stereocenters. The lowest BCUT2D eigenvalue weighted by Crippen LogP contribution is -2.34. The van der Waals surface area contributed by atoms with Gasteiger partial charge in [0.1, 0.15) is 0 Å². The van der Waals surface area contributed by atoms with Crippen LogP contribution in [0.5, 0.6) is 0 Å². The molecule has 4 heteroatoms. The predicted molar refractivity (Wildman–Crippen MR) is 87.9 cm³/mol. The zero-order valence-electron chi connectivity index (χ0n) is 13.4. The lowest BCUT2D eigenvalue weighted by molar-refractivity contribution is 0.0949. The smallest absolute Gasteiger partial charge is 0.253 e. The summed E-state index contributed by atoms with van der Waals surface area (Å²) >= 11 is 0. The number of carbonyl (C=O) groups excluding carboxylic acids is 1. The SMILES string of the molecule is CNc1ccc(C)cc1C(=O)NCC[C@H]1CCCN(C)C1. The molecule has 1 saturated heterocycles. The fraction of sp³-hybridized carbons (Fsp3) is 0.588. The molecular formula is C17H27N3O. The summed E-state index contributed by atoms with van der Waals surface area (Å²) in [5.41, 5.74) is 2.72. The minimum Gasteiger partial charge on any atom is -0.387 e. The van der Waals surface area contributed by atoms with Crippen molar-refractivity contribution in [3.63, 3.8) is 0 Å². The molecule has 1 aliphatic rings. The van der Waals surface area contributed by atoms with Crippen molar-refractivity contribution in [3.05, 3.63) is 29.3 Å². The summed E-state index contributed by atoms with van der Waals surface area (Å²) in [5, 5.41) is 6.15. The van der Waals surface area contributed by atoms with Crippen LogP contribution in [0.2, 0.25) is 0 Å². The minimum absolute atomic E-state index is 0.0206. The molecule has 0 spiro atoms. The van der Waals surface area contributed by atoms with Gasteiger partial charge in [-0.25, -0.2) is 0 Å². The molecule has 0 unspecified atom stereocenters. The van der Waals surface area contributed by atoms with Crippen LogP contribution in [0.3, 0.4) is 0 Å². The molecule has 1 fully saturated rings. The van der Waals surface area contributed by atoms with E-state index in [0.29, 0.717) is 5.92 Å². The Morgan fingerprint density at radius 2 is 2.24 bits per heavy atom. The number of carbonyl (C=O) groups is 1. The molecule has 1 aliphatic heterocycles. The number of anilines is 1. The van der Waals surface area contributed by atoms with Gasteiger partial charge >= 0.3 is 0 Å². The maximum Gasteiger partial charge on any atom is 0.253 e. The van der Waals surface area contributed by atoms with E-state index >= 15 is 0 Å². The molecule has 21 heavy (non-hydrogen) atoms. The van der Waals surface area contributed by atoms with Crippen molar-refractivity contribution in [2.45, 2.75) is 26.2 Å². The van der Waals surface area contributed by atoms with Gasteiger partial charge in [-0.3, -0.25) is 4.79 Å². The van der Waals surface area contributed by atoms with E-state index < -0.39 is 0 Å².